The molecule has 0 saturated carbocycles. The number of para-hydroxylation sites is 2. The van der Waals surface area contributed by atoms with Gasteiger partial charge in [0, 0.05) is 111 Å². The average molecular weight is 1200 g/mol. The Hall–Kier alpha value is -7.45. The molecule has 2 saturated heterocycles. The lowest BCUT2D eigenvalue weighted by Crippen LogP contribution is -2.40. The normalized spacial score (nSPS) is 13.8. The Bertz CT molecular complexity index is 3460. The summed E-state index contributed by atoms with van der Waals surface area (Å²) >= 11 is 20.9. The quantitative estimate of drug-likeness (QED) is 0.0290. The number of rotatable bonds is 15. The fourth-order valence-electron chi connectivity index (χ4n) is 8.92. The number of halogens is 4. The summed E-state index contributed by atoms with van der Waals surface area (Å²) in [5, 5.41) is 19.0. The predicted octanol–water partition coefficient (Wildman–Crippen LogP) is 12.6. The lowest BCUT2D eigenvalue weighted by molar-refractivity contribution is -0.130. The summed E-state index contributed by atoms with van der Waals surface area (Å²) in [6.45, 7) is 3.61. The number of aromatic nitrogens is 6. The molecule has 0 radical (unpaired) electrons. The second-order valence-corrected chi connectivity index (χ2v) is 20.6. The number of H-pyrrole nitrogens is 2. The highest BCUT2D eigenvalue weighted by Crippen LogP contribution is 2.35. The summed E-state index contributed by atoms with van der Waals surface area (Å²) in [6.07, 6.45) is 16.4. The Morgan fingerprint density at radius 1 is 0.662 bits per heavy atom. The number of amides is 3. The molecular weight excluding hydrogens is 1140 g/mol. The van der Waals surface area contributed by atoms with E-state index in [1.165, 1.54) is 6.08 Å². The van der Waals surface area contributed by atoms with Gasteiger partial charge in [0.2, 0.25) is 34.9 Å². The van der Waals surface area contributed by atoms with Crippen LogP contribution in [0, 0.1) is 11.8 Å². The van der Waals surface area contributed by atoms with Crippen LogP contribution < -0.4 is 26.6 Å². The van der Waals surface area contributed by atoms with E-state index in [1.807, 2.05) is 135 Å². The Labute approximate surface area is 488 Å². The number of hydrogen-bond acceptors (Lipinski definition) is 12. The van der Waals surface area contributed by atoms with Gasteiger partial charge in [-0.15, -0.1) is 0 Å². The monoisotopic (exact) mass is 1200 g/mol. The van der Waals surface area contributed by atoms with E-state index in [9.17, 15) is 19.2 Å². The number of carbonyl (C=O) groups is 4. The molecule has 2 aliphatic rings. The van der Waals surface area contributed by atoms with Gasteiger partial charge in [0.1, 0.15) is 0 Å². The van der Waals surface area contributed by atoms with E-state index >= 15 is 0 Å². The zero-order valence-corrected chi connectivity index (χ0v) is 47.3. The van der Waals surface area contributed by atoms with E-state index in [4.69, 9.17) is 34.8 Å². The standard InChI is InChI=1S/C30H32ClN7O2.C24H23ClN6O.C4H4BrClO.CH4/c1-37(2)14-6-11-27(39)38-15-12-20(13-16-38)29(40)34-21-7-5-8-22(17-21)35-30-33-19-25(31)28(36-30)24-18-32-26-10-4-3-9-23(24)26;25-20-14-28-24(31-22(20)19-13-27-21-7-2-1-6-18(19)21)30-17-5-3-4-16(12-17)29-23(32)15-8-10-26-11-9-15;5-3-1-2-4(6)7;/h3-11,17-20,32H,12-16H2,1-2H3,(H,34,40)(H,33,35,36);1-7,12-15,26-27H,8-11H2,(H,29,32)(H,28,30,31);1-2H,3H2;1H4/b11-6+;;2-1+;. The van der Waals surface area contributed by atoms with Crippen molar-refractivity contribution in [2.75, 3.05) is 73.4 Å². The molecule has 4 aromatic carbocycles. The van der Waals surface area contributed by atoms with Crippen LogP contribution in [-0.4, -0.2) is 115 Å². The van der Waals surface area contributed by atoms with Gasteiger partial charge in [0.25, 0.3) is 0 Å². The molecule has 0 atom stereocenters. The third kappa shape index (κ3) is 16.8. The van der Waals surface area contributed by atoms with Gasteiger partial charge >= 0.3 is 0 Å². The molecule has 80 heavy (non-hydrogen) atoms. The number of piperidine rings is 2. The van der Waals surface area contributed by atoms with Gasteiger partial charge in [-0.25, -0.2) is 19.9 Å². The van der Waals surface area contributed by atoms with Crippen LogP contribution in [0.1, 0.15) is 33.1 Å². The molecular formula is C59H63BrCl3N13O4. The number of aromatic amines is 2. The van der Waals surface area contributed by atoms with Crippen LogP contribution in [-0.2, 0) is 19.2 Å². The molecule has 0 bridgehead atoms. The molecule has 17 nitrogen and oxygen atoms in total. The first-order chi connectivity index (χ1) is 38.3. The fourth-order valence-corrected chi connectivity index (χ4v) is 9.58. The molecule has 2 fully saturated rings. The molecule has 2 aliphatic heterocycles. The molecule has 3 amide bonds. The number of anilines is 6. The number of nitrogens with one attached hydrogen (secondary N) is 7. The molecule has 10 rings (SSSR count). The first kappa shape index (κ1) is 60.2. The smallest absolute Gasteiger partial charge is 0.246 e. The zero-order valence-electron chi connectivity index (χ0n) is 43.4. The summed E-state index contributed by atoms with van der Waals surface area (Å²) in [7, 11) is 3.91. The van der Waals surface area contributed by atoms with Crippen molar-refractivity contribution in [3.05, 3.63) is 156 Å². The molecule has 4 aromatic heterocycles. The Balaban J connectivity index is 0.000000208. The first-order valence-corrected chi connectivity index (χ1v) is 27.8. The topological polar surface area (TPSA) is 218 Å². The third-order valence-electron chi connectivity index (χ3n) is 12.9. The highest BCUT2D eigenvalue weighted by atomic mass is 79.9. The van der Waals surface area contributed by atoms with Crippen LogP contribution in [0.25, 0.3) is 44.3 Å². The van der Waals surface area contributed by atoms with E-state index in [-0.39, 0.29) is 37.0 Å². The Morgan fingerprint density at radius 3 is 1.60 bits per heavy atom. The lowest BCUT2D eigenvalue weighted by atomic mass is 9.95. The molecule has 0 spiro atoms. The molecule has 416 valence electrons. The van der Waals surface area contributed by atoms with Crippen molar-refractivity contribution in [1.82, 2.24) is 45.0 Å². The van der Waals surface area contributed by atoms with Crippen molar-refractivity contribution in [3.63, 3.8) is 0 Å². The van der Waals surface area contributed by atoms with Gasteiger partial charge in [0.05, 0.1) is 33.8 Å². The number of hydrogen-bond donors (Lipinski definition) is 7. The summed E-state index contributed by atoms with van der Waals surface area (Å²) in [5.41, 5.74) is 8.02. The molecule has 7 N–H and O–H groups in total. The largest absolute Gasteiger partial charge is 0.360 e. The van der Waals surface area contributed by atoms with Crippen LogP contribution >= 0.6 is 50.7 Å². The number of alkyl halides is 1. The van der Waals surface area contributed by atoms with E-state index < -0.39 is 5.24 Å². The first-order valence-electron chi connectivity index (χ1n) is 25.6. The van der Waals surface area contributed by atoms with E-state index in [0.29, 0.717) is 76.8 Å². The minimum absolute atomic E-state index is 0. The number of allylic oxidation sites excluding steroid dienone is 2. The highest BCUT2D eigenvalue weighted by Gasteiger charge is 2.27. The molecule has 0 unspecified atom stereocenters. The minimum Gasteiger partial charge on any atom is -0.360 e. The van der Waals surface area contributed by atoms with Crippen molar-refractivity contribution in [2.45, 2.75) is 33.1 Å². The molecule has 21 heteroatoms. The number of likely N-dealkylation sites (N-methyl/N-ethyl adjacent to an activating group) is 1. The van der Waals surface area contributed by atoms with Crippen LogP contribution in [0.3, 0.4) is 0 Å². The number of nitrogens with zero attached hydrogens (tertiary/aromatic N) is 6. The maximum Gasteiger partial charge on any atom is 0.246 e. The van der Waals surface area contributed by atoms with Crippen LogP contribution in [0.15, 0.2) is 146 Å². The zero-order chi connectivity index (χ0) is 55.7. The molecule has 6 heterocycles. The van der Waals surface area contributed by atoms with Gasteiger partial charge in [-0.2, -0.15) is 0 Å². The summed E-state index contributed by atoms with van der Waals surface area (Å²) in [4.78, 5) is 76.1. The lowest BCUT2D eigenvalue weighted by Gasteiger charge is -2.30. The van der Waals surface area contributed by atoms with Crippen molar-refractivity contribution >= 4 is 130 Å². The van der Waals surface area contributed by atoms with Crippen LogP contribution in [0.5, 0.6) is 0 Å². The van der Waals surface area contributed by atoms with Gasteiger partial charge < -0.3 is 46.4 Å². The molecule has 0 aliphatic carbocycles. The number of likely N-dealkylation sites (tertiary alicyclic amines) is 1. The summed E-state index contributed by atoms with van der Waals surface area (Å²) < 4.78 is 0. The van der Waals surface area contributed by atoms with Crippen molar-refractivity contribution < 1.29 is 19.2 Å². The van der Waals surface area contributed by atoms with Gasteiger partial charge in [-0.1, -0.05) is 107 Å². The van der Waals surface area contributed by atoms with Crippen LogP contribution in [0.2, 0.25) is 10.0 Å². The fraction of sp³-hybridized carbons (Fsp3) is 0.254. The van der Waals surface area contributed by atoms with E-state index in [0.717, 1.165) is 75.9 Å². The highest BCUT2D eigenvalue weighted by molar-refractivity contribution is 9.09. The van der Waals surface area contributed by atoms with Crippen LogP contribution in [0.4, 0.5) is 34.6 Å². The molecule has 8 aromatic rings. The van der Waals surface area contributed by atoms with Gasteiger partial charge in [-0.05, 0) is 119 Å². The average Bonchev–Trinajstić information content (AvgIpc) is 4.13. The summed E-state index contributed by atoms with van der Waals surface area (Å²) in [5.74, 6) is 0.735. The third-order valence-corrected chi connectivity index (χ3v) is 14.0. The number of carbonyl (C=O) groups excluding carboxylic acids is 4. The van der Waals surface area contributed by atoms with E-state index in [2.05, 4.69) is 72.4 Å². The summed E-state index contributed by atoms with van der Waals surface area (Å²) in [6, 6.07) is 30.9. The Kier molecular flexibility index (Phi) is 22.3. The predicted molar refractivity (Wildman–Crippen MR) is 328 cm³/mol. The second-order valence-electron chi connectivity index (χ2n) is 18.8. The second kappa shape index (κ2) is 29.7. The van der Waals surface area contributed by atoms with Crippen molar-refractivity contribution in [3.8, 4) is 22.5 Å². The maximum atomic E-state index is 13.0. The minimum atomic E-state index is -0.431. The Morgan fingerprint density at radius 2 is 1.14 bits per heavy atom. The van der Waals surface area contributed by atoms with Crippen molar-refractivity contribution in [1.29, 1.82) is 0 Å². The van der Waals surface area contributed by atoms with Gasteiger partial charge in [0.15, 0.2) is 0 Å². The number of fused-ring (bicyclic) bond motifs is 2. The maximum absolute atomic E-state index is 13.0. The number of benzene rings is 4. The van der Waals surface area contributed by atoms with Gasteiger partial charge in [-0.3, -0.25) is 19.2 Å². The SMILES string of the molecule is C.CN(C)C/C=C/C(=O)N1CCC(C(=O)Nc2cccc(Nc3ncc(Cl)c(-c4c[nH]c5ccccc45)n3)c2)CC1.O=C(Cl)/C=C/CBr.O=C(Nc1cccc(Nc2ncc(Cl)c(-c3c[nH]c4ccccc34)n2)c1)C1CCNCC1. The van der Waals surface area contributed by atoms with E-state index in [1.54, 1.807) is 29.4 Å². The van der Waals surface area contributed by atoms with Crippen molar-refractivity contribution in [2.24, 2.45) is 11.8 Å².